The Bertz CT molecular complexity index is 642. The van der Waals surface area contributed by atoms with E-state index in [-0.39, 0.29) is 10.8 Å². The summed E-state index contributed by atoms with van der Waals surface area (Å²) in [5, 5.41) is 2.67. The molecule has 0 fully saturated rings. The minimum atomic E-state index is -3.47. The van der Waals surface area contributed by atoms with Crippen LogP contribution in [-0.2, 0) is 14.8 Å². The Kier molecular flexibility index (Phi) is 7.01. The van der Waals surface area contributed by atoms with Crippen LogP contribution in [0.2, 0.25) is 0 Å². The predicted molar refractivity (Wildman–Crippen MR) is 89.1 cm³/mol. The van der Waals surface area contributed by atoms with Crippen LogP contribution in [0.5, 0.6) is 0 Å². The molecule has 0 unspecified atom stereocenters. The van der Waals surface area contributed by atoms with Crippen molar-refractivity contribution in [3.05, 3.63) is 48.6 Å². The van der Waals surface area contributed by atoms with Crippen molar-refractivity contribution < 1.29 is 13.2 Å². The molecule has 0 radical (unpaired) electrons. The number of hydrogen-bond acceptors (Lipinski definition) is 3. The first-order valence-corrected chi connectivity index (χ1v) is 8.60. The smallest absolute Gasteiger partial charge is 0.248 e. The fourth-order valence-corrected chi connectivity index (χ4v) is 3.32. The van der Waals surface area contributed by atoms with E-state index < -0.39 is 10.0 Å². The minimum absolute atomic E-state index is 0.221. The molecule has 0 aliphatic carbocycles. The van der Waals surface area contributed by atoms with Gasteiger partial charge in [-0.2, -0.15) is 4.31 Å². The van der Waals surface area contributed by atoms with Gasteiger partial charge < -0.3 is 5.32 Å². The number of benzene rings is 1. The zero-order valence-corrected chi connectivity index (χ0v) is 13.9. The lowest BCUT2D eigenvalue weighted by Crippen LogP contribution is -2.30. The molecule has 0 atom stereocenters. The Morgan fingerprint density at radius 2 is 1.73 bits per heavy atom. The molecule has 6 heteroatoms. The van der Waals surface area contributed by atoms with Crippen LogP contribution in [0, 0.1) is 0 Å². The highest BCUT2D eigenvalue weighted by atomic mass is 32.2. The monoisotopic (exact) mass is 322 g/mol. The first-order chi connectivity index (χ1) is 10.5. The lowest BCUT2D eigenvalue weighted by atomic mass is 10.3. The zero-order chi connectivity index (χ0) is 16.6. The van der Waals surface area contributed by atoms with Crippen LogP contribution in [0.4, 0.5) is 5.69 Å². The van der Waals surface area contributed by atoms with E-state index >= 15 is 0 Å². The third-order valence-corrected chi connectivity index (χ3v) is 5.08. The molecule has 1 N–H and O–H groups in total. The second kappa shape index (κ2) is 8.51. The number of amides is 1. The number of nitrogens with one attached hydrogen (secondary N) is 1. The van der Waals surface area contributed by atoms with Crippen molar-refractivity contribution in [3.63, 3.8) is 0 Å². The van der Waals surface area contributed by atoms with Crippen LogP contribution in [0.1, 0.15) is 20.8 Å². The van der Waals surface area contributed by atoms with Crippen LogP contribution in [0.15, 0.2) is 53.5 Å². The molecule has 0 heterocycles. The van der Waals surface area contributed by atoms with E-state index in [1.54, 1.807) is 38.1 Å². The Morgan fingerprint density at radius 1 is 1.14 bits per heavy atom. The molecular weight excluding hydrogens is 300 g/mol. The van der Waals surface area contributed by atoms with E-state index in [2.05, 4.69) is 5.32 Å². The van der Waals surface area contributed by atoms with Crippen molar-refractivity contribution in [1.82, 2.24) is 4.31 Å². The summed E-state index contributed by atoms with van der Waals surface area (Å²) in [7, 11) is -3.47. The molecule has 1 aromatic carbocycles. The maximum Gasteiger partial charge on any atom is 0.248 e. The molecule has 5 nitrogen and oxygen atoms in total. The molecule has 0 aliphatic heterocycles. The van der Waals surface area contributed by atoms with E-state index in [9.17, 15) is 13.2 Å². The minimum Gasteiger partial charge on any atom is -0.323 e. The Labute approximate surface area is 132 Å². The third-order valence-electron chi connectivity index (χ3n) is 3.02. The largest absolute Gasteiger partial charge is 0.323 e. The lowest BCUT2D eigenvalue weighted by Gasteiger charge is -2.18. The molecule has 1 amide bonds. The molecule has 0 saturated heterocycles. The molecule has 0 bridgehead atoms. The Balaban J connectivity index is 2.85. The van der Waals surface area contributed by atoms with Gasteiger partial charge >= 0.3 is 0 Å². The van der Waals surface area contributed by atoms with Gasteiger partial charge in [-0.1, -0.05) is 32.1 Å². The number of allylic oxidation sites excluding steroid dienone is 3. The van der Waals surface area contributed by atoms with Gasteiger partial charge in [-0.25, -0.2) is 8.42 Å². The van der Waals surface area contributed by atoms with E-state index in [1.165, 1.54) is 22.5 Å². The van der Waals surface area contributed by atoms with Crippen LogP contribution >= 0.6 is 0 Å². The van der Waals surface area contributed by atoms with Gasteiger partial charge in [0.05, 0.1) is 4.90 Å². The average Bonchev–Trinajstić information content (AvgIpc) is 2.49. The van der Waals surface area contributed by atoms with Gasteiger partial charge in [-0.3, -0.25) is 4.79 Å². The number of nitrogens with zero attached hydrogens (tertiary/aromatic N) is 1. The summed E-state index contributed by atoms with van der Waals surface area (Å²) >= 11 is 0. The van der Waals surface area contributed by atoms with Crippen molar-refractivity contribution in [2.45, 2.75) is 25.7 Å². The molecule has 120 valence electrons. The van der Waals surface area contributed by atoms with E-state index in [1.807, 2.05) is 13.0 Å². The average molecular weight is 322 g/mol. The highest BCUT2D eigenvalue weighted by Crippen LogP contribution is 2.18. The molecule has 0 aromatic heterocycles. The van der Waals surface area contributed by atoms with Crippen molar-refractivity contribution in [3.8, 4) is 0 Å². The van der Waals surface area contributed by atoms with Crippen molar-refractivity contribution in [1.29, 1.82) is 0 Å². The Hall–Kier alpha value is -1.92. The van der Waals surface area contributed by atoms with Crippen molar-refractivity contribution in [2.24, 2.45) is 0 Å². The molecule has 1 aromatic rings. The van der Waals surface area contributed by atoms with Crippen LogP contribution < -0.4 is 5.32 Å². The highest BCUT2D eigenvalue weighted by Gasteiger charge is 2.21. The van der Waals surface area contributed by atoms with E-state index in [0.29, 0.717) is 18.8 Å². The number of carbonyl (C=O) groups is 1. The fraction of sp³-hybridized carbons (Fsp3) is 0.312. The van der Waals surface area contributed by atoms with Gasteiger partial charge in [0.1, 0.15) is 0 Å². The standard InChI is InChI=1S/C16H22N2O3S/c1-4-7-8-9-16(19)17-14-10-12-15(13-11-14)22(20,21)18(5-2)6-3/h4,7-13H,5-6H2,1-3H3,(H,17,19)/b7-4+,9-8+. The second-order valence-electron chi connectivity index (χ2n) is 4.49. The summed E-state index contributed by atoms with van der Waals surface area (Å²) in [5.41, 5.74) is 0.550. The topological polar surface area (TPSA) is 66.5 Å². The predicted octanol–water partition coefficient (Wildman–Crippen LogP) is 2.79. The first kappa shape index (κ1) is 18.1. The SMILES string of the molecule is C/C=C/C=C/C(=O)Nc1ccc(S(=O)(=O)N(CC)CC)cc1. The van der Waals surface area contributed by atoms with Crippen molar-refractivity contribution >= 4 is 21.6 Å². The highest BCUT2D eigenvalue weighted by molar-refractivity contribution is 7.89. The molecule has 22 heavy (non-hydrogen) atoms. The zero-order valence-electron chi connectivity index (χ0n) is 13.1. The maximum absolute atomic E-state index is 12.3. The van der Waals surface area contributed by atoms with Gasteiger partial charge in [-0.05, 0) is 31.2 Å². The number of hydrogen-bond donors (Lipinski definition) is 1. The number of rotatable bonds is 7. The molecule has 0 saturated carbocycles. The second-order valence-corrected chi connectivity index (χ2v) is 6.43. The normalized spacial score (nSPS) is 12.4. The summed E-state index contributed by atoms with van der Waals surface area (Å²) in [4.78, 5) is 11.8. The quantitative estimate of drug-likeness (QED) is 0.620. The Morgan fingerprint density at radius 3 is 2.23 bits per heavy atom. The number of anilines is 1. The number of sulfonamides is 1. The van der Waals surface area contributed by atoms with Crippen LogP contribution in [-0.4, -0.2) is 31.7 Å². The molecule has 0 spiro atoms. The maximum atomic E-state index is 12.3. The molecular formula is C16H22N2O3S. The summed E-state index contributed by atoms with van der Waals surface area (Å²) in [6.07, 6.45) is 6.60. The lowest BCUT2D eigenvalue weighted by molar-refractivity contribution is -0.111. The summed E-state index contributed by atoms with van der Waals surface area (Å²) in [5.74, 6) is -0.266. The van der Waals surface area contributed by atoms with Gasteiger partial charge in [0, 0.05) is 24.9 Å². The van der Waals surface area contributed by atoms with Crippen LogP contribution in [0.25, 0.3) is 0 Å². The van der Waals surface area contributed by atoms with E-state index in [4.69, 9.17) is 0 Å². The molecule has 0 aliphatic rings. The summed E-state index contributed by atoms with van der Waals surface area (Å²) < 4.78 is 26.0. The third kappa shape index (κ3) is 4.82. The first-order valence-electron chi connectivity index (χ1n) is 7.16. The van der Waals surface area contributed by atoms with Crippen molar-refractivity contribution in [2.75, 3.05) is 18.4 Å². The van der Waals surface area contributed by atoms with Gasteiger partial charge in [0.25, 0.3) is 0 Å². The molecule has 1 rings (SSSR count). The van der Waals surface area contributed by atoms with Gasteiger partial charge in [-0.15, -0.1) is 0 Å². The summed E-state index contributed by atoms with van der Waals surface area (Å²) in [6, 6.07) is 6.16. The van der Waals surface area contributed by atoms with Gasteiger partial charge in [0.2, 0.25) is 15.9 Å². The number of carbonyl (C=O) groups excluding carboxylic acids is 1. The fourth-order valence-electron chi connectivity index (χ4n) is 1.86. The van der Waals surface area contributed by atoms with Gasteiger partial charge in [0.15, 0.2) is 0 Å². The summed E-state index contributed by atoms with van der Waals surface area (Å²) in [6.45, 7) is 6.30. The van der Waals surface area contributed by atoms with Crippen LogP contribution in [0.3, 0.4) is 0 Å². The van der Waals surface area contributed by atoms with E-state index in [0.717, 1.165) is 0 Å².